The molecule has 3 heterocycles. The normalized spacial score (nSPS) is 11.8. The molecular weight excluding hydrogens is 655 g/mol. The van der Waals surface area contributed by atoms with E-state index in [1.54, 1.807) is 11.3 Å². The molecule has 242 valence electrons. The third kappa shape index (κ3) is 4.50. The van der Waals surface area contributed by atoms with Crippen molar-refractivity contribution < 1.29 is 4.42 Å². The second-order valence-corrected chi connectivity index (χ2v) is 14.2. The van der Waals surface area contributed by atoms with Crippen molar-refractivity contribution in [3.8, 4) is 45.3 Å². The van der Waals surface area contributed by atoms with Crippen molar-refractivity contribution in [1.82, 2.24) is 15.0 Å². The zero-order valence-corrected chi connectivity index (χ0v) is 28.6. The summed E-state index contributed by atoms with van der Waals surface area (Å²) in [5, 5.41) is 9.06. The first kappa shape index (κ1) is 29.1. The van der Waals surface area contributed by atoms with Crippen LogP contribution in [0.25, 0.3) is 109 Å². The Morgan fingerprint density at radius 3 is 1.87 bits per heavy atom. The van der Waals surface area contributed by atoms with E-state index in [2.05, 4.69) is 164 Å². The van der Waals surface area contributed by atoms with E-state index in [1.165, 1.54) is 32.0 Å². The highest BCUT2D eigenvalue weighted by molar-refractivity contribution is 7.26. The minimum Gasteiger partial charge on any atom is -0.455 e. The van der Waals surface area contributed by atoms with Crippen LogP contribution in [0.1, 0.15) is 0 Å². The maximum atomic E-state index is 6.90. The molecule has 11 aromatic rings. The van der Waals surface area contributed by atoms with Gasteiger partial charge in [0.1, 0.15) is 11.2 Å². The fourth-order valence-corrected chi connectivity index (χ4v) is 8.86. The van der Waals surface area contributed by atoms with Gasteiger partial charge in [0, 0.05) is 47.5 Å². The Morgan fingerprint density at radius 1 is 0.365 bits per heavy atom. The van der Waals surface area contributed by atoms with E-state index >= 15 is 0 Å². The molecule has 0 saturated carbocycles. The van der Waals surface area contributed by atoms with Crippen molar-refractivity contribution in [3.05, 3.63) is 164 Å². The van der Waals surface area contributed by atoms with Gasteiger partial charge in [-0.3, -0.25) is 0 Å². The third-order valence-electron chi connectivity index (χ3n) is 10.1. The Kier molecular flexibility index (Phi) is 6.39. The maximum Gasteiger partial charge on any atom is 0.167 e. The number of benzene rings is 8. The molecule has 0 radical (unpaired) electrons. The molecule has 0 fully saturated rings. The summed E-state index contributed by atoms with van der Waals surface area (Å²) in [6.45, 7) is 0. The van der Waals surface area contributed by atoms with E-state index in [9.17, 15) is 0 Å². The Labute approximate surface area is 302 Å². The van der Waals surface area contributed by atoms with Crippen molar-refractivity contribution in [3.63, 3.8) is 0 Å². The second-order valence-electron chi connectivity index (χ2n) is 13.1. The second kappa shape index (κ2) is 11.4. The molecule has 0 amide bonds. The number of hydrogen-bond acceptors (Lipinski definition) is 5. The molecule has 5 heteroatoms. The molecule has 52 heavy (non-hydrogen) atoms. The van der Waals surface area contributed by atoms with Gasteiger partial charge in [0.2, 0.25) is 0 Å². The summed E-state index contributed by atoms with van der Waals surface area (Å²) in [6.07, 6.45) is 0. The van der Waals surface area contributed by atoms with Crippen LogP contribution in [0.5, 0.6) is 0 Å². The molecule has 0 N–H and O–H groups in total. The van der Waals surface area contributed by atoms with Gasteiger partial charge in [-0.05, 0) is 57.6 Å². The Hall–Kier alpha value is -6.69. The monoisotopic (exact) mass is 681 g/mol. The van der Waals surface area contributed by atoms with Gasteiger partial charge in [-0.25, -0.2) is 15.0 Å². The van der Waals surface area contributed by atoms with Crippen LogP contribution >= 0.6 is 11.3 Å². The van der Waals surface area contributed by atoms with Crippen molar-refractivity contribution in [2.45, 2.75) is 0 Å². The van der Waals surface area contributed by atoms with Crippen molar-refractivity contribution in [2.24, 2.45) is 0 Å². The number of furan rings is 1. The molecule has 0 saturated heterocycles. The number of thiophene rings is 1. The predicted octanol–water partition coefficient (Wildman–Crippen LogP) is 13.1. The van der Waals surface area contributed by atoms with E-state index in [0.717, 1.165) is 59.5 Å². The van der Waals surface area contributed by atoms with Crippen molar-refractivity contribution >= 4 is 75.0 Å². The minimum atomic E-state index is 0.573. The number of fused-ring (bicyclic) bond motifs is 9. The molecule has 0 bridgehead atoms. The lowest BCUT2D eigenvalue weighted by Gasteiger charge is -2.10. The van der Waals surface area contributed by atoms with Crippen LogP contribution in [-0.2, 0) is 0 Å². The van der Waals surface area contributed by atoms with E-state index in [0.29, 0.717) is 17.5 Å². The predicted molar refractivity (Wildman–Crippen MR) is 217 cm³/mol. The Balaban J connectivity index is 1.19. The molecule has 0 aliphatic heterocycles. The topological polar surface area (TPSA) is 51.8 Å². The molecule has 0 unspecified atom stereocenters. The summed E-state index contributed by atoms with van der Waals surface area (Å²) in [7, 11) is 0. The van der Waals surface area contributed by atoms with Crippen LogP contribution in [0, 0.1) is 0 Å². The van der Waals surface area contributed by atoms with Crippen LogP contribution in [-0.4, -0.2) is 15.0 Å². The summed E-state index contributed by atoms with van der Waals surface area (Å²) < 4.78 is 9.30. The van der Waals surface area contributed by atoms with Crippen LogP contribution in [0.3, 0.4) is 0 Å². The zero-order valence-electron chi connectivity index (χ0n) is 27.7. The highest BCUT2D eigenvalue weighted by atomic mass is 32.1. The van der Waals surface area contributed by atoms with Crippen molar-refractivity contribution in [1.29, 1.82) is 0 Å². The number of aromatic nitrogens is 3. The SMILES string of the molecule is c1ccc(-c2cc3c4cccc(-c5nc(-c6ccc7ccccc7c6)nc(-c6cccc7c6sc6ccccc67)n5)c4oc3c3ccccc23)cc1. The minimum absolute atomic E-state index is 0.573. The van der Waals surface area contributed by atoms with E-state index in [-0.39, 0.29) is 0 Å². The average molecular weight is 682 g/mol. The molecule has 4 nitrogen and oxygen atoms in total. The third-order valence-corrected chi connectivity index (χ3v) is 11.3. The standard InChI is InChI=1S/C47H27N3OS/c1-2-13-29(14-3-1)39-27-40-35-19-10-21-37(42(35)51-43(40)34-18-7-6-16-32(34)39)46-48-45(31-25-24-28-12-4-5-15-30(28)26-31)49-47(50-46)38-22-11-20-36-33-17-8-9-23-41(33)52-44(36)38/h1-27H. The molecule has 0 aliphatic rings. The van der Waals surface area contributed by atoms with Gasteiger partial charge < -0.3 is 4.42 Å². The van der Waals surface area contributed by atoms with Gasteiger partial charge in [-0.1, -0.05) is 133 Å². The molecule has 8 aromatic carbocycles. The van der Waals surface area contributed by atoms with Crippen LogP contribution in [0.15, 0.2) is 168 Å². The molecule has 0 spiro atoms. The number of nitrogens with zero attached hydrogens (tertiary/aromatic N) is 3. The fourth-order valence-electron chi connectivity index (χ4n) is 7.65. The first-order chi connectivity index (χ1) is 25.8. The lowest BCUT2D eigenvalue weighted by molar-refractivity contribution is 0.673. The fraction of sp³-hybridized carbons (Fsp3) is 0. The summed E-state index contributed by atoms with van der Waals surface area (Å²) in [6, 6.07) is 57.4. The van der Waals surface area contributed by atoms with Crippen LogP contribution in [0.4, 0.5) is 0 Å². The summed E-state index contributed by atoms with van der Waals surface area (Å²) in [4.78, 5) is 15.6. The lowest BCUT2D eigenvalue weighted by Crippen LogP contribution is -2.00. The molecule has 0 aliphatic carbocycles. The van der Waals surface area contributed by atoms with E-state index < -0.39 is 0 Å². The number of hydrogen-bond donors (Lipinski definition) is 0. The Morgan fingerprint density at radius 2 is 1.00 bits per heavy atom. The first-order valence-electron chi connectivity index (χ1n) is 17.4. The quantitative estimate of drug-likeness (QED) is 0.185. The molecule has 0 atom stereocenters. The largest absolute Gasteiger partial charge is 0.455 e. The van der Waals surface area contributed by atoms with E-state index in [1.807, 2.05) is 0 Å². The number of para-hydroxylation sites is 1. The van der Waals surface area contributed by atoms with Gasteiger partial charge in [-0.15, -0.1) is 11.3 Å². The van der Waals surface area contributed by atoms with Gasteiger partial charge in [0.05, 0.1) is 5.56 Å². The average Bonchev–Trinajstić information content (AvgIpc) is 3.79. The van der Waals surface area contributed by atoms with Gasteiger partial charge >= 0.3 is 0 Å². The summed E-state index contributed by atoms with van der Waals surface area (Å²) in [5.74, 6) is 1.83. The maximum absolute atomic E-state index is 6.90. The van der Waals surface area contributed by atoms with Crippen LogP contribution in [0.2, 0.25) is 0 Å². The highest BCUT2D eigenvalue weighted by Crippen LogP contribution is 2.43. The smallest absolute Gasteiger partial charge is 0.167 e. The van der Waals surface area contributed by atoms with Gasteiger partial charge in [0.15, 0.2) is 17.5 Å². The first-order valence-corrected chi connectivity index (χ1v) is 18.2. The van der Waals surface area contributed by atoms with Gasteiger partial charge in [-0.2, -0.15) is 0 Å². The molecule has 11 rings (SSSR count). The Bertz CT molecular complexity index is 3200. The molecular formula is C47H27N3OS. The summed E-state index contributed by atoms with van der Waals surface area (Å²) in [5.41, 5.74) is 6.71. The summed E-state index contributed by atoms with van der Waals surface area (Å²) >= 11 is 1.78. The highest BCUT2D eigenvalue weighted by Gasteiger charge is 2.21. The van der Waals surface area contributed by atoms with Crippen molar-refractivity contribution in [2.75, 3.05) is 0 Å². The van der Waals surface area contributed by atoms with Gasteiger partial charge in [0.25, 0.3) is 0 Å². The van der Waals surface area contributed by atoms with Crippen LogP contribution < -0.4 is 0 Å². The number of rotatable bonds is 4. The molecule has 3 aromatic heterocycles. The zero-order chi connectivity index (χ0) is 34.2. The lowest BCUT2D eigenvalue weighted by atomic mass is 9.95. The van der Waals surface area contributed by atoms with E-state index in [4.69, 9.17) is 19.4 Å².